The maximum absolute atomic E-state index is 6.23. The Bertz CT molecular complexity index is 1400. The first kappa shape index (κ1) is 22.7. The minimum absolute atomic E-state index is 0.101. The molecule has 5 aromatic rings. The van der Waals surface area contributed by atoms with Crippen LogP contribution in [-0.2, 0) is 18.6 Å². The van der Waals surface area contributed by atoms with E-state index in [0.717, 1.165) is 34.0 Å². The molecular formula is C31H31N3O. The number of hydrogen-bond acceptors (Lipinski definition) is 3. The van der Waals surface area contributed by atoms with Crippen LogP contribution in [0.5, 0.6) is 5.75 Å². The number of benzene rings is 3. The van der Waals surface area contributed by atoms with Crippen molar-refractivity contribution in [3.05, 3.63) is 120 Å². The van der Waals surface area contributed by atoms with E-state index in [9.17, 15) is 0 Å². The van der Waals surface area contributed by atoms with E-state index in [-0.39, 0.29) is 5.41 Å². The van der Waals surface area contributed by atoms with E-state index in [4.69, 9.17) is 9.72 Å². The van der Waals surface area contributed by atoms with Crippen molar-refractivity contribution in [1.29, 1.82) is 0 Å². The van der Waals surface area contributed by atoms with E-state index < -0.39 is 0 Å². The summed E-state index contributed by atoms with van der Waals surface area (Å²) in [7, 11) is 0. The highest BCUT2D eigenvalue weighted by molar-refractivity contribution is 5.78. The first-order valence-electron chi connectivity index (χ1n) is 12.1. The van der Waals surface area contributed by atoms with E-state index in [1.807, 2.05) is 42.6 Å². The van der Waals surface area contributed by atoms with Crippen LogP contribution in [0.1, 0.15) is 37.5 Å². The lowest BCUT2D eigenvalue weighted by Crippen LogP contribution is -2.10. The lowest BCUT2D eigenvalue weighted by Gasteiger charge is -2.19. The number of nitrogens with one attached hydrogen (secondary N) is 1. The van der Waals surface area contributed by atoms with E-state index in [1.54, 1.807) is 0 Å². The highest BCUT2D eigenvalue weighted by Gasteiger charge is 2.19. The lowest BCUT2D eigenvalue weighted by molar-refractivity contribution is 0.308. The fraction of sp³-hybridized carbons (Fsp3) is 0.194. The van der Waals surface area contributed by atoms with Gasteiger partial charge in [0, 0.05) is 18.3 Å². The first-order valence-corrected chi connectivity index (χ1v) is 12.1. The molecule has 0 radical (unpaired) electrons. The minimum atomic E-state index is 0.101. The van der Waals surface area contributed by atoms with Crippen molar-refractivity contribution in [1.82, 2.24) is 9.38 Å². The first-order chi connectivity index (χ1) is 17.0. The van der Waals surface area contributed by atoms with Crippen LogP contribution >= 0.6 is 0 Å². The molecule has 0 amide bonds. The van der Waals surface area contributed by atoms with Crippen molar-refractivity contribution in [2.45, 2.75) is 39.3 Å². The lowest BCUT2D eigenvalue weighted by atomic mass is 9.86. The Morgan fingerprint density at radius 1 is 0.771 bits per heavy atom. The summed E-state index contributed by atoms with van der Waals surface area (Å²) in [6, 6.07) is 33.4. The Morgan fingerprint density at radius 2 is 1.43 bits per heavy atom. The molecule has 0 fully saturated rings. The predicted molar refractivity (Wildman–Crippen MR) is 144 cm³/mol. The fourth-order valence-corrected chi connectivity index (χ4v) is 4.17. The summed E-state index contributed by atoms with van der Waals surface area (Å²) >= 11 is 0. The van der Waals surface area contributed by atoms with Gasteiger partial charge in [-0.05, 0) is 34.2 Å². The van der Waals surface area contributed by atoms with Crippen LogP contribution in [0.2, 0.25) is 0 Å². The predicted octanol–water partition coefficient (Wildman–Crippen LogP) is 7.49. The van der Waals surface area contributed by atoms with Gasteiger partial charge >= 0.3 is 0 Å². The number of anilines is 1. The van der Waals surface area contributed by atoms with Gasteiger partial charge in [0.15, 0.2) is 11.4 Å². The van der Waals surface area contributed by atoms with Crippen LogP contribution < -0.4 is 10.1 Å². The Hall–Kier alpha value is -4.05. The summed E-state index contributed by atoms with van der Waals surface area (Å²) in [5, 5.41) is 3.64. The molecule has 4 nitrogen and oxygen atoms in total. The van der Waals surface area contributed by atoms with Crippen molar-refractivity contribution in [2.24, 2.45) is 0 Å². The van der Waals surface area contributed by atoms with Gasteiger partial charge in [-0.25, -0.2) is 4.98 Å². The van der Waals surface area contributed by atoms with Gasteiger partial charge in [0.2, 0.25) is 0 Å². The molecule has 0 aliphatic carbocycles. The average Bonchev–Trinajstić information content (AvgIpc) is 3.26. The van der Waals surface area contributed by atoms with Crippen molar-refractivity contribution < 1.29 is 4.74 Å². The summed E-state index contributed by atoms with van der Waals surface area (Å²) < 4.78 is 8.32. The van der Waals surface area contributed by atoms with Crippen LogP contribution in [0.3, 0.4) is 0 Å². The van der Waals surface area contributed by atoms with Crippen molar-refractivity contribution >= 4 is 11.5 Å². The van der Waals surface area contributed by atoms with Gasteiger partial charge in [-0.15, -0.1) is 0 Å². The van der Waals surface area contributed by atoms with Crippen LogP contribution in [0.4, 0.5) is 5.82 Å². The van der Waals surface area contributed by atoms with Crippen LogP contribution in [0.25, 0.3) is 16.9 Å². The van der Waals surface area contributed by atoms with Gasteiger partial charge < -0.3 is 10.1 Å². The highest BCUT2D eigenvalue weighted by Crippen LogP contribution is 2.34. The molecule has 35 heavy (non-hydrogen) atoms. The molecule has 0 bridgehead atoms. The monoisotopic (exact) mass is 461 g/mol. The van der Waals surface area contributed by atoms with Gasteiger partial charge in [0.25, 0.3) is 0 Å². The summed E-state index contributed by atoms with van der Waals surface area (Å²) in [6.07, 6.45) is 2.04. The molecule has 3 aromatic carbocycles. The Kier molecular flexibility index (Phi) is 6.28. The highest BCUT2D eigenvalue weighted by atomic mass is 16.5. The molecule has 176 valence electrons. The van der Waals surface area contributed by atoms with E-state index in [1.165, 1.54) is 11.1 Å². The van der Waals surface area contributed by atoms with Gasteiger partial charge in [-0.3, -0.25) is 4.40 Å². The number of rotatable bonds is 7. The van der Waals surface area contributed by atoms with Gasteiger partial charge in [-0.2, -0.15) is 0 Å². The van der Waals surface area contributed by atoms with Crippen molar-refractivity contribution in [3.8, 4) is 17.0 Å². The molecule has 5 rings (SSSR count). The second-order valence-electron chi connectivity index (χ2n) is 9.82. The summed E-state index contributed by atoms with van der Waals surface area (Å²) in [6.45, 7) is 7.90. The Morgan fingerprint density at radius 3 is 2.09 bits per heavy atom. The van der Waals surface area contributed by atoms with Gasteiger partial charge in [0.05, 0.1) is 0 Å². The summed E-state index contributed by atoms with van der Waals surface area (Å²) in [5.41, 5.74) is 6.53. The van der Waals surface area contributed by atoms with Crippen molar-refractivity contribution in [3.63, 3.8) is 0 Å². The molecule has 0 aliphatic rings. The van der Waals surface area contributed by atoms with E-state index in [0.29, 0.717) is 13.2 Å². The zero-order valence-electron chi connectivity index (χ0n) is 20.5. The molecule has 0 saturated heterocycles. The zero-order chi connectivity index (χ0) is 24.3. The molecule has 0 atom stereocenters. The van der Waals surface area contributed by atoms with Crippen LogP contribution in [0, 0.1) is 0 Å². The molecule has 2 aromatic heterocycles. The molecule has 0 aliphatic heterocycles. The quantitative estimate of drug-likeness (QED) is 0.273. The van der Waals surface area contributed by atoms with Crippen LogP contribution in [0.15, 0.2) is 103 Å². The standard InChI is InChI=1S/C31H31N3O/c1-31(2,3)26-18-16-25(17-19-26)28-30(32-21-23-11-6-4-7-12-23)34-20-10-15-27(29(34)33-28)35-22-24-13-8-5-9-14-24/h4-20,32H,21-22H2,1-3H3. The number of ether oxygens (including phenoxy) is 1. The number of imidazole rings is 1. The summed E-state index contributed by atoms with van der Waals surface area (Å²) in [5.74, 6) is 1.72. The number of pyridine rings is 1. The molecule has 0 saturated carbocycles. The van der Waals surface area contributed by atoms with Gasteiger partial charge in [-0.1, -0.05) is 106 Å². The molecule has 1 N–H and O–H groups in total. The molecule has 4 heteroatoms. The smallest absolute Gasteiger partial charge is 0.181 e. The molecule has 0 spiro atoms. The van der Waals surface area contributed by atoms with Crippen molar-refractivity contribution in [2.75, 3.05) is 5.32 Å². The van der Waals surface area contributed by atoms with E-state index in [2.05, 4.69) is 91.2 Å². The third-order valence-electron chi connectivity index (χ3n) is 6.18. The Balaban J connectivity index is 1.54. The number of aromatic nitrogens is 2. The minimum Gasteiger partial charge on any atom is -0.485 e. The third kappa shape index (κ3) is 5.07. The summed E-state index contributed by atoms with van der Waals surface area (Å²) in [4.78, 5) is 5.07. The number of fused-ring (bicyclic) bond motifs is 1. The van der Waals surface area contributed by atoms with Crippen LogP contribution in [-0.4, -0.2) is 9.38 Å². The Labute approximate surface area is 207 Å². The molecule has 0 unspecified atom stereocenters. The van der Waals surface area contributed by atoms with E-state index >= 15 is 0 Å². The second-order valence-corrected chi connectivity index (χ2v) is 9.82. The SMILES string of the molecule is CC(C)(C)c1ccc(-c2nc3c(OCc4ccccc4)cccn3c2NCc2ccccc2)cc1. The number of nitrogens with zero attached hydrogens (tertiary/aromatic N) is 2. The fourth-order valence-electron chi connectivity index (χ4n) is 4.17. The molecular weight excluding hydrogens is 430 g/mol. The third-order valence-corrected chi connectivity index (χ3v) is 6.18. The topological polar surface area (TPSA) is 38.6 Å². The average molecular weight is 462 g/mol. The maximum atomic E-state index is 6.23. The zero-order valence-corrected chi connectivity index (χ0v) is 20.5. The second kappa shape index (κ2) is 9.67. The van der Waals surface area contributed by atoms with Gasteiger partial charge in [0.1, 0.15) is 18.1 Å². The number of hydrogen-bond donors (Lipinski definition) is 1. The maximum Gasteiger partial charge on any atom is 0.181 e. The largest absolute Gasteiger partial charge is 0.485 e. The normalized spacial score (nSPS) is 11.5. The molecule has 2 heterocycles.